The highest BCUT2D eigenvalue weighted by atomic mass is 19.1. The molecule has 2 aliphatic rings. The molecule has 2 aromatic carbocycles. The topological polar surface area (TPSA) is 77.2 Å². The first-order valence-corrected chi connectivity index (χ1v) is 9.57. The molecule has 7 heteroatoms. The maximum absolute atomic E-state index is 15.0. The van der Waals surface area contributed by atoms with Crippen LogP contribution < -0.4 is 15.2 Å². The number of guanidine groups is 1. The Bertz CT molecular complexity index is 1030. The normalized spacial score (nSPS) is 22.3. The molecule has 0 bridgehead atoms. The summed E-state index contributed by atoms with van der Waals surface area (Å²) in [6, 6.07) is 10.3. The molecular formula is C22H24FN3O3. The molecule has 0 aliphatic carbocycles. The first-order valence-electron chi connectivity index (χ1n) is 9.57. The third-order valence-corrected chi connectivity index (χ3v) is 5.37. The summed E-state index contributed by atoms with van der Waals surface area (Å²) in [5, 5.41) is 0. The van der Waals surface area contributed by atoms with E-state index in [0.717, 1.165) is 0 Å². The van der Waals surface area contributed by atoms with Gasteiger partial charge in [0.15, 0.2) is 23.1 Å². The summed E-state index contributed by atoms with van der Waals surface area (Å²) >= 11 is 0. The zero-order valence-electron chi connectivity index (χ0n) is 17.0. The minimum absolute atomic E-state index is 0.161. The van der Waals surface area contributed by atoms with Gasteiger partial charge < -0.3 is 15.2 Å². The van der Waals surface area contributed by atoms with Crippen LogP contribution in [0.25, 0.3) is 11.1 Å². The average Bonchev–Trinajstić information content (AvgIpc) is 2.87. The quantitative estimate of drug-likeness (QED) is 0.861. The van der Waals surface area contributed by atoms with E-state index in [1.54, 1.807) is 50.4 Å². The largest absolute Gasteiger partial charge is 0.491 e. The number of carbonyl (C=O) groups is 1. The number of hydrogen-bond acceptors (Lipinski definition) is 5. The van der Waals surface area contributed by atoms with Crippen molar-refractivity contribution in [3.05, 3.63) is 47.8 Å². The maximum Gasteiger partial charge on any atom is 0.261 e. The van der Waals surface area contributed by atoms with Crippen molar-refractivity contribution in [2.75, 3.05) is 13.7 Å². The van der Waals surface area contributed by atoms with Crippen molar-refractivity contribution in [3.8, 4) is 22.6 Å². The van der Waals surface area contributed by atoms with Gasteiger partial charge in [-0.15, -0.1) is 0 Å². The van der Waals surface area contributed by atoms with Crippen LogP contribution in [0.2, 0.25) is 0 Å². The lowest BCUT2D eigenvalue weighted by Crippen LogP contribution is -2.49. The van der Waals surface area contributed by atoms with Crippen LogP contribution in [-0.2, 0) is 10.3 Å². The molecule has 0 saturated carbocycles. The van der Waals surface area contributed by atoms with Gasteiger partial charge in [0.25, 0.3) is 5.91 Å². The first-order chi connectivity index (χ1) is 13.7. The molecule has 0 radical (unpaired) electrons. The fourth-order valence-corrected chi connectivity index (χ4v) is 4.15. The maximum atomic E-state index is 15.0. The van der Waals surface area contributed by atoms with Crippen molar-refractivity contribution >= 4 is 11.9 Å². The third kappa shape index (κ3) is 2.92. The molecule has 0 saturated heterocycles. The Morgan fingerprint density at radius 3 is 2.72 bits per heavy atom. The Morgan fingerprint density at radius 2 is 2.07 bits per heavy atom. The predicted molar refractivity (Wildman–Crippen MR) is 108 cm³/mol. The molecule has 2 N–H and O–H groups in total. The van der Waals surface area contributed by atoms with Gasteiger partial charge in [0.2, 0.25) is 0 Å². The Labute approximate surface area is 169 Å². The van der Waals surface area contributed by atoms with E-state index in [0.29, 0.717) is 35.5 Å². The average molecular weight is 397 g/mol. The molecule has 1 unspecified atom stereocenters. The van der Waals surface area contributed by atoms with E-state index in [1.165, 1.54) is 4.90 Å². The predicted octanol–water partition coefficient (Wildman–Crippen LogP) is 3.43. The molecule has 1 atom stereocenters. The number of aliphatic imine (C=N–C) groups is 1. The van der Waals surface area contributed by atoms with Crippen molar-refractivity contribution in [2.45, 2.75) is 38.3 Å². The SMILES string of the molecule is CCOc1cccc(-c2ccc3c(c2)C2(CC(C)(C)O3)N=C(N)N(C)C2=O)c1F. The minimum Gasteiger partial charge on any atom is -0.491 e. The van der Waals surface area contributed by atoms with Gasteiger partial charge in [0, 0.05) is 24.6 Å². The Kier molecular flexibility index (Phi) is 4.29. The molecule has 1 spiro atoms. The number of hydrogen-bond donors (Lipinski definition) is 1. The van der Waals surface area contributed by atoms with Gasteiger partial charge in [-0.2, -0.15) is 0 Å². The van der Waals surface area contributed by atoms with Gasteiger partial charge in [-0.25, -0.2) is 9.38 Å². The van der Waals surface area contributed by atoms with Crippen LogP contribution in [0.4, 0.5) is 4.39 Å². The Balaban J connectivity index is 1.90. The highest BCUT2D eigenvalue weighted by Gasteiger charge is 2.55. The lowest BCUT2D eigenvalue weighted by molar-refractivity contribution is -0.133. The van der Waals surface area contributed by atoms with Crippen molar-refractivity contribution in [1.29, 1.82) is 0 Å². The van der Waals surface area contributed by atoms with Crippen LogP contribution in [-0.4, -0.2) is 36.0 Å². The van der Waals surface area contributed by atoms with E-state index in [1.807, 2.05) is 13.8 Å². The van der Waals surface area contributed by atoms with Crippen molar-refractivity contribution in [2.24, 2.45) is 10.7 Å². The molecule has 2 heterocycles. The zero-order valence-corrected chi connectivity index (χ0v) is 17.0. The van der Waals surface area contributed by atoms with Gasteiger partial charge in [-0.05, 0) is 44.5 Å². The summed E-state index contributed by atoms with van der Waals surface area (Å²) in [6.45, 7) is 5.99. The number of carbonyl (C=O) groups excluding carboxylic acids is 1. The van der Waals surface area contributed by atoms with Gasteiger partial charge in [-0.3, -0.25) is 9.69 Å². The molecule has 6 nitrogen and oxygen atoms in total. The highest BCUT2D eigenvalue weighted by molar-refractivity contribution is 6.07. The van der Waals surface area contributed by atoms with Crippen LogP contribution in [0.5, 0.6) is 11.5 Å². The molecule has 4 rings (SSSR count). The summed E-state index contributed by atoms with van der Waals surface area (Å²) in [6.07, 6.45) is 0.335. The number of nitrogens with two attached hydrogens (primary N) is 1. The number of halogens is 1. The van der Waals surface area contributed by atoms with Gasteiger partial charge in [0.05, 0.1) is 6.61 Å². The summed E-state index contributed by atoms with van der Waals surface area (Å²) in [7, 11) is 1.60. The number of ether oxygens (including phenoxy) is 2. The van der Waals surface area contributed by atoms with E-state index >= 15 is 0 Å². The van der Waals surface area contributed by atoms with Crippen molar-refractivity contribution < 1.29 is 18.7 Å². The summed E-state index contributed by atoms with van der Waals surface area (Å²) in [5.74, 6) is 0.237. The van der Waals surface area contributed by atoms with Crippen LogP contribution >= 0.6 is 0 Å². The standard InChI is InChI=1S/C22H24FN3O3/c1-5-28-17-8-6-7-14(18(17)23)13-9-10-16-15(11-13)22(12-21(2,3)29-16)19(27)26(4)20(24)25-22/h6-11H,5,12H2,1-4H3,(H2,24,25). The lowest BCUT2D eigenvalue weighted by Gasteiger charge is -2.41. The number of benzene rings is 2. The molecule has 0 fully saturated rings. The van der Waals surface area contributed by atoms with E-state index in [-0.39, 0.29) is 17.6 Å². The molecule has 1 amide bonds. The fourth-order valence-electron chi connectivity index (χ4n) is 4.15. The Morgan fingerprint density at radius 1 is 1.31 bits per heavy atom. The molecule has 152 valence electrons. The number of amides is 1. The second-order valence-corrected chi connectivity index (χ2v) is 7.99. The minimum atomic E-state index is -1.18. The number of rotatable bonds is 3. The fraction of sp³-hybridized carbons (Fsp3) is 0.364. The van der Waals surface area contributed by atoms with E-state index in [2.05, 4.69) is 4.99 Å². The van der Waals surface area contributed by atoms with Crippen molar-refractivity contribution in [3.63, 3.8) is 0 Å². The molecule has 2 aromatic rings. The van der Waals surface area contributed by atoms with Crippen LogP contribution in [0, 0.1) is 5.82 Å². The molecule has 0 aromatic heterocycles. The van der Waals surface area contributed by atoms with Gasteiger partial charge in [0.1, 0.15) is 11.4 Å². The monoisotopic (exact) mass is 397 g/mol. The number of nitrogens with zero attached hydrogens (tertiary/aromatic N) is 2. The van der Waals surface area contributed by atoms with Gasteiger partial charge >= 0.3 is 0 Å². The number of likely N-dealkylation sites (N-methyl/N-ethyl adjacent to an activating group) is 1. The van der Waals surface area contributed by atoms with E-state index < -0.39 is 17.0 Å². The molecular weight excluding hydrogens is 373 g/mol. The van der Waals surface area contributed by atoms with Crippen molar-refractivity contribution in [1.82, 2.24) is 4.90 Å². The summed E-state index contributed by atoms with van der Waals surface area (Å²) in [4.78, 5) is 19.1. The Hall–Kier alpha value is -3.09. The van der Waals surface area contributed by atoms with Crippen LogP contribution in [0.15, 0.2) is 41.4 Å². The summed E-state index contributed by atoms with van der Waals surface area (Å²) in [5.41, 5.74) is 5.78. The van der Waals surface area contributed by atoms with Crippen LogP contribution in [0.3, 0.4) is 0 Å². The second-order valence-electron chi connectivity index (χ2n) is 7.99. The highest BCUT2D eigenvalue weighted by Crippen LogP contribution is 2.50. The number of fused-ring (bicyclic) bond motifs is 2. The van der Waals surface area contributed by atoms with Crippen LogP contribution in [0.1, 0.15) is 32.8 Å². The van der Waals surface area contributed by atoms with Gasteiger partial charge in [-0.1, -0.05) is 18.2 Å². The third-order valence-electron chi connectivity index (χ3n) is 5.37. The lowest BCUT2D eigenvalue weighted by atomic mass is 9.77. The van der Waals surface area contributed by atoms with E-state index in [4.69, 9.17) is 15.2 Å². The van der Waals surface area contributed by atoms with E-state index in [9.17, 15) is 9.18 Å². The second kappa shape index (κ2) is 6.47. The molecule has 2 aliphatic heterocycles. The smallest absolute Gasteiger partial charge is 0.261 e. The first kappa shape index (κ1) is 19.2. The molecule has 29 heavy (non-hydrogen) atoms. The summed E-state index contributed by atoms with van der Waals surface area (Å²) < 4.78 is 26.5. The zero-order chi connectivity index (χ0) is 21.0.